The summed E-state index contributed by atoms with van der Waals surface area (Å²) in [4.78, 5) is 3.30. The summed E-state index contributed by atoms with van der Waals surface area (Å²) < 4.78 is 36.0. The molecule has 0 N–H and O–H groups in total. The lowest BCUT2D eigenvalue weighted by Crippen LogP contribution is -2.05. The molecule has 0 spiro atoms. The molecule has 68 valence electrons. The molecular weight excluding hydrogens is 255 g/mol. The topological polar surface area (TPSA) is 12.9 Å². The predicted molar refractivity (Wildman–Crippen MR) is 44.5 cm³/mol. The number of alkyl halides is 4. The third kappa shape index (κ3) is 2.20. The van der Waals surface area contributed by atoms with Gasteiger partial charge in [0.25, 0.3) is 0 Å². The molecule has 0 saturated heterocycles. The van der Waals surface area contributed by atoms with Crippen LogP contribution in [0.2, 0.25) is 0 Å². The van der Waals surface area contributed by atoms with Gasteiger partial charge < -0.3 is 0 Å². The van der Waals surface area contributed by atoms with Crippen LogP contribution in [-0.2, 0) is 6.18 Å². The number of aromatic nitrogens is 1. The highest BCUT2D eigenvalue weighted by Gasteiger charge is 2.33. The Hall–Kier alpha value is -0.100. The van der Waals surface area contributed by atoms with E-state index in [0.29, 0.717) is 5.01 Å². The molecule has 0 aliphatic heterocycles. The van der Waals surface area contributed by atoms with Gasteiger partial charge >= 0.3 is 6.18 Å². The Kier molecular flexibility index (Phi) is 2.77. The second kappa shape index (κ2) is 3.33. The van der Waals surface area contributed by atoms with E-state index in [9.17, 15) is 13.2 Å². The highest BCUT2D eigenvalue weighted by atomic mass is 79.9. The SMILES string of the molecule is CC(Br)c1nc(C(F)(F)F)cs1. The molecule has 1 heterocycles. The fourth-order valence-corrected chi connectivity index (χ4v) is 1.78. The minimum Gasteiger partial charge on any atom is -0.236 e. The number of hydrogen-bond acceptors (Lipinski definition) is 2. The lowest BCUT2D eigenvalue weighted by atomic mass is 10.4. The normalized spacial score (nSPS) is 14.8. The van der Waals surface area contributed by atoms with E-state index in [1.807, 2.05) is 0 Å². The van der Waals surface area contributed by atoms with Crippen molar-refractivity contribution in [3.63, 3.8) is 0 Å². The second-order valence-electron chi connectivity index (χ2n) is 2.18. The summed E-state index contributed by atoms with van der Waals surface area (Å²) in [5.74, 6) is 0. The van der Waals surface area contributed by atoms with Crippen LogP contribution in [-0.4, -0.2) is 4.98 Å². The van der Waals surface area contributed by atoms with Gasteiger partial charge in [0.05, 0.1) is 4.83 Å². The van der Waals surface area contributed by atoms with Crippen LogP contribution in [0.3, 0.4) is 0 Å². The Balaban J connectivity index is 2.92. The van der Waals surface area contributed by atoms with Gasteiger partial charge in [-0.2, -0.15) is 13.2 Å². The molecule has 0 saturated carbocycles. The molecule has 0 aromatic carbocycles. The van der Waals surface area contributed by atoms with Crippen molar-refractivity contribution in [2.75, 3.05) is 0 Å². The van der Waals surface area contributed by atoms with E-state index in [-0.39, 0.29) is 4.83 Å². The number of hydrogen-bond donors (Lipinski definition) is 0. The Labute approximate surface area is 79.8 Å². The van der Waals surface area contributed by atoms with Crippen molar-refractivity contribution < 1.29 is 13.2 Å². The zero-order valence-electron chi connectivity index (χ0n) is 6.02. The van der Waals surface area contributed by atoms with Crippen LogP contribution in [0.5, 0.6) is 0 Å². The van der Waals surface area contributed by atoms with Crippen LogP contribution in [0.15, 0.2) is 5.38 Å². The minimum absolute atomic E-state index is 0.126. The van der Waals surface area contributed by atoms with E-state index >= 15 is 0 Å². The lowest BCUT2D eigenvalue weighted by Gasteiger charge is -2.00. The molecule has 0 amide bonds. The summed E-state index contributed by atoms with van der Waals surface area (Å²) in [5.41, 5.74) is -0.811. The first-order chi connectivity index (χ1) is 5.41. The van der Waals surface area contributed by atoms with E-state index in [1.165, 1.54) is 0 Å². The molecule has 0 bridgehead atoms. The molecule has 1 atom stereocenters. The summed E-state index contributed by atoms with van der Waals surface area (Å²) >= 11 is 4.15. The van der Waals surface area contributed by atoms with E-state index < -0.39 is 11.9 Å². The van der Waals surface area contributed by atoms with Gasteiger partial charge in [-0.1, -0.05) is 15.9 Å². The van der Waals surface area contributed by atoms with Gasteiger partial charge in [0.15, 0.2) is 5.69 Å². The highest BCUT2D eigenvalue weighted by Crippen LogP contribution is 2.33. The van der Waals surface area contributed by atoms with Crippen molar-refractivity contribution in [1.29, 1.82) is 0 Å². The Morgan fingerprint density at radius 3 is 2.42 bits per heavy atom. The molecule has 0 radical (unpaired) electrons. The Morgan fingerprint density at radius 1 is 1.58 bits per heavy atom. The van der Waals surface area contributed by atoms with Crippen molar-refractivity contribution >= 4 is 27.3 Å². The van der Waals surface area contributed by atoms with Gasteiger partial charge in [-0.05, 0) is 6.92 Å². The molecule has 1 aromatic heterocycles. The first-order valence-electron chi connectivity index (χ1n) is 3.08. The third-order valence-electron chi connectivity index (χ3n) is 1.15. The molecule has 12 heavy (non-hydrogen) atoms. The van der Waals surface area contributed by atoms with Gasteiger partial charge in [-0.15, -0.1) is 11.3 Å². The smallest absolute Gasteiger partial charge is 0.236 e. The van der Waals surface area contributed by atoms with Gasteiger partial charge in [0.2, 0.25) is 0 Å². The zero-order valence-corrected chi connectivity index (χ0v) is 8.42. The fourth-order valence-electron chi connectivity index (χ4n) is 0.601. The van der Waals surface area contributed by atoms with Crippen molar-refractivity contribution in [2.24, 2.45) is 0 Å². The molecular formula is C6H5BrF3NS. The maximum Gasteiger partial charge on any atom is 0.434 e. The molecule has 1 unspecified atom stereocenters. The minimum atomic E-state index is -4.32. The zero-order chi connectivity index (χ0) is 9.35. The van der Waals surface area contributed by atoms with E-state index in [4.69, 9.17) is 0 Å². The third-order valence-corrected chi connectivity index (χ3v) is 2.92. The summed E-state index contributed by atoms with van der Waals surface area (Å²) in [6.07, 6.45) is -4.32. The molecule has 6 heteroatoms. The van der Waals surface area contributed by atoms with Crippen LogP contribution in [0.4, 0.5) is 13.2 Å². The summed E-state index contributed by atoms with van der Waals surface area (Å²) in [5, 5.41) is 1.47. The van der Waals surface area contributed by atoms with Crippen molar-refractivity contribution in [1.82, 2.24) is 4.98 Å². The number of thiazole rings is 1. The molecule has 0 aliphatic carbocycles. The van der Waals surface area contributed by atoms with Crippen molar-refractivity contribution in [3.05, 3.63) is 16.1 Å². The standard InChI is InChI=1S/C6H5BrF3NS/c1-3(7)5-11-4(2-12-5)6(8,9)10/h2-3H,1H3. The monoisotopic (exact) mass is 259 g/mol. The van der Waals surface area contributed by atoms with Gasteiger partial charge in [0.1, 0.15) is 5.01 Å². The highest BCUT2D eigenvalue weighted by molar-refractivity contribution is 9.09. The van der Waals surface area contributed by atoms with Crippen LogP contribution >= 0.6 is 27.3 Å². The average Bonchev–Trinajstić information content (AvgIpc) is 2.30. The first-order valence-corrected chi connectivity index (χ1v) is 4.87. The van der Waals surface area contributed by atoms with E-state index in [2.05, 4.69) is 20.9 Å². The summed E-state index contributed by atoms with van der Waals surface area (Å²) in [7, 11) is 0. The van der Waals surface area contributed by atoms with Crippen LogP contribution in [0, 0.1) is 0 Å². The largest absolute Gasteiger partial charge is 0.434 e. The molecule has 0 aliphatic rings. The van der Waals surface area contributed by atoms with Gasteiger partial charge in [-0.25, -0.2) is 4.98 Å². The van der Waals surface area contributed by atoms with E-state index in [1.54, 1.807) is 6.92 Å². The van der Waals surface area contributed by atoms with Crippen LogP contribution in [0.1, 0.15) is 22.5 Å². The number of rotatable bonds is 1. The maximum atomic E-state index is 12.0. The van der Waals surface area contributed by atoms with E-state index in [0.717, 1.165) is 16.7 Å². The number of halogens is 4. The summed E-state index contributed by atoms with van der Waals surface area (Å²) in [6, 6.07) is 0. The molecule has 1 nitrogen and oxygen atoms in total. The van der Waals surface area contributed by atoms with Gasteiger partial charge in [0, 0.05) is 5.38 Å². The lowest BCUT2D eigenvalue weighted by molar-refractivity contribution is -0.140. The first kappa shape index (κ1) is 9.98. The van der Waals surface area contributed by atoms with Crippen LogP contribution < -0.4 is 0 Å². The van der Waals surface area contributed by atoms with Crippen molar-refractivity contribution in [3.8, 4) is 0 Å². The molecule has 0 fully saturated rings. The number of nitrogens with zero attached hydrogens (tertiary/aromatic N) is 1. The van der Waals surface area contributed by atoms with Crippen LogP contribution in [0.25, 0.3) is 0 Å². The van der Waals surface area contributed by atoms with Crippen molar-refractivity contribution in [2.45, 2.75) is 17.9 Å². The maximum absolute atomic E-state index is 12.0. The summed E-state index contributed by atoms with van der Waals surface area (Å²) in [6.45, 7) is 1.74. The molecule has 1 rings (SSSR count). The Morgan fingerprint density at radius 2 is 2.17 bits per heavy atom. The molecule has 1 aromatic rings. The quantitative estimate of drug-likeness (QED) is 0.703. The fraction of sp³-hybridized carbons (Fsp3) is 0.500. The average molecular weight is 260 g/mol. The van der Waals surface area contributed by atoms with Gasteiger partial charge in [-0.3, -0.25) is 0 Å². The predicted octanol–water partition coefficient (Wildman–Crippen LogP) is 3.62. The second-order valence-corrected chi connectivity index (χ2v) is 4.45. The Bertz CT molecular complexity index is 268.